The van der Waals surface area contributed by atoms with Crippen molar-refractivity contribution in [1.29, 1.82) is 0 Å². The van der Waals surface area contributed by atoms with Gasteiger partial charge in [-0.3, -0.25) is 14.3 Å². The Morgan fingerprint density at radius 3 is 2.96 bits per heavy atom. The van der Waals surface area contributed by atoms with Crippen molar-refractivity contribution < 1.29 is 4.74 Å². The summed E-state index contributed by atoms with van der Waals surface area (Å²) < 4.78 is 8.21. The third kappa shape index (κ3) is 3.49. The predicted molar refractivity (Wildman–Crippen MR) is 101 cm³/mol. The molecule has 6 heteroatoms. The van der Waals surface area contributed by atoms with Crippen molar-refractivity contribution in [2.24, 2.45) is 0 Å². The van der Waals surface area contributed by atoms with Crippen LogP contribution in [0.1, 0.15) is 24.2 Å². The molecule has 1 N–H and O–H groups in total. The van der Waals surface area contributed by atoms with Crippen molar-refractivity contribution in [3.63, 3.8) is 0 Å². The monoisotopic (exact) mass is 351 g/mol. The SMILES string of the molecule is CCN1CCO[C@@H](CNCc2cnc3cnccn23)[C@@H]1c1ccccc1. The minimum absolute atomic E-state index is 0.131. The summed E-state index contributed by atoms with van der Waals surface area (Å²) >= 11 is 0. The molecule has 0 bridgehead atoms. The van der Waals surface area contributed by atoms with E-state index >= 15 is 0 Å². The number of ether oxygens (including phenoxy) is 1. The summed E-state index contributed by atoms with van der Waals surface area (Å²) in [5.74, 6) is 0. The van der Waals surface area contributed by atoms with Crippen molar-refractivity contribution in [3.8, 4) is 0 Å². The summed E-state index contributed by atoms with van der Waals surface area (Å²) in [5, 5.41) is 3.56. The number of nitrogens with zero attached hydrogens (tertiary/aromatic N) is 4. The Kier molecular flexibility index (Phi) is 5.24. The van der Waals surface area contributed by atoms with Gasteiger partial charge in [0.25, 0.3) is 0 Å². The van der Waals surface area contributed by atoms with Gasteiger partial charge in [-0.05, 0) is 12.1 Å². The third-order valence-corrected chi connectivity index (χ3v) is 5.05. The quantitative estimate of drug-likeness (QED) is 0.738. The Morgan fingerprint density at radius 2 is 2.12 bits per heavy atom. The zero-order valence-corrected chi connectivity index (χ0v) is 15.1. The number of likely N-dealkylation sites (N-methyl/N-ethyl adjacent to an activating group) is 1. The second kappa shape index (κ2) is 7.95. The van der Waals surface area contributed by atoms with E-state index in [9.17, 15) is 0 Å². The van der Waals surface area contributed by atoms with Crippen LogP contribution < -0.4 is 5.32 Å². The average Bonchev–Trinajstić information content (AvgIpc) is 3.11. The molecule has 1 aliphatic rings. The van der Waals surface area contributed by atoms with Gasteiger partial charge in [0.05, 0.1) is 36.8 Å². The van der Waals surface area contributed by atoms with E-state index in [4.69, 9.17) is 4.74 Å². The Bertz CT molecular complexity index is 834. The molecule has 4 rings (SSSR count). The molecule has 0 saturated carbocycles. The zero-order valence-electron chi connectivity index (χ0n) is 15.1. The fourth-order valence-corrected chi connectivity index (χ4v) is 3.76. The van der Waals surface area contributed by atoms with Gasteiger partial charge in [-0.1, -0.05) is 37.3 Å². The maximum absolute atomic E-state index is 6.15. The van der Waals surface area contributed by atoms with Crippen LogP contribution >= 0.6 is 0 Å². The summed E-state index contributed by atoms with van der Waals surface area (Å²) in [6, 6.07) is 11.0. The molecule has 3 heterocycles. The lowest BCUT2D eigenvalue weighted by Crippen LogP contribution is -2.48. The second-order valence-corrected chi connectivity index (χ2v) is 6.58. The van der Waals surface area contributed by atoms with E-state index in [1.165, 1.54) is 5.56 Å². The lowest BCUT2D eigenvalue weighted by atomic mass is 9.98. The van der Waals surface area contributed by atoms with Gasteiger partial charge >= 0.3 is 0 Å². The van der Waals surface area contributed by atoms with Gasteiger partial charge in [0, 0.05) is 32.0 Å². The number of rotatable bonds is 6. The summed E-state index contributed by atoms with van der Waals surface area (Å²) in [7, 11) is 0. The first-order chi connectivity index (χ1) is 12.9. The van der Waals surface area contributed by atoms with Crippen LogP contribution in [0.3, 0.4) is 0 Å². The number of nitrogens with one attached hydrogen (secondary N) is 1. The molecule has 1 saturated heterocycles. The minimum Gasteiger partial charge on any atom is -0.374 e. The molecule has 1 aliphatic heterocycles. The fourth-order valence-electron chi connectivity index (χ4n) is 3.76. The van der Waals surface area contributed by atoms with Crippen LogP contribution in [0.5, 0.6) is 0 Å². The highest BCUT2D eigenvalue weighted by molar-refractivity contribution is 5.36. The standard InChI is InChI=1S/C20H25N5O/c1-2-24-10-11-26-18(20(24)16-6-4-3-5-7-16)14-22-12-17-13-23-19-15-21-8-9-25(17)19/h3-9,13,15,18,20,22H,2,10-12,14H2,1H3/t18-,20-/m0/s1. The van der Waals surface area contributed by atoms with E-state index in [0.29, 0.717) is 0 Å². The van der Waals surface area contributed by atoms with Gasteiger partial charge in [0.2, 0.25) is 0 Å². The highest BCUT2D eigenvalue weighted by Gasteiger charge is 2.32. The zero-order chi connectivity index (χ0) is 17.8. The first kappa shape index (κ1) is 17.1. The van der Waals surface area contributed by atoms with E-state index in [2.05, 4.69) is 61.8 Å². The van der Waals surface area contributed by atoms with Gasteiger partial charge < -0.3 is 10.1 Å². The van der Waals surface area contributed by atoms with Crippen LogP contribution in [0.15, 0.2) is 55.1 Å². The lowest BCUT2D eigenvalue weighted by molar-refractivity contribution is -0.0695. The number of imidazole rings is 1. The Morgan fingerprint density at radius 1 is 1.23 bits per heavy atom. The van der Waals surface area contributed by atoms with Crippen LogP contribution in [-0.4, -0.2) is 51.6 Å². The number of benzene rings is 1. The summed E-state index contributed by atoms with van der Waals surface area (Å²) in [4.78, 5) is 11.0. The van der Waals surface area contributed by atoms with E-state index in [0.717, 1.165) is 44.1 Å². The van der Waals surface area contributed by atoms with E-state index in [1.54, 1.807) is 12.4 Å². The first-order valence-electron chi connectivity index (χ1n) is 9.24. The second-order valence-electron chi connectivity index (χ2n) is 6.58. The molecule has 1 fully saturated rings. The number of fused-ring (bicyclic) bond motifs is 1. The van der Waals surface area contributed by atoms with Crippen molar-refractivity contribution in [2.45, 2.75) is 25.6 Å². The highest BCUT2D eigenvalue weighted by atomic mass is 16.5. The molecular formula is C20H25N5O. The van der Waals surface area contributed by atoms with Gasteiger partial charge in [-0.2, -0.15) is 0 Å². The molecule has 0 amide bonds. The van der Waals surface area contributed by atoms with Crippen molar-refractivity contribution in [3.05, 3.63) is 66.4 Å². The van der Waals surface area contributed by atoms with Gasteiger partial charge in [-0.15, -0.1) is 0 Å². The fraction of sp³-hybridized carbons (Fsp3) is 0.400. The molecule has 2 atom stereocenters. The van der Waals surface area contributed by atoms with Crippen LogP contribution in [0.25, 0.3) is 5.65 Å². The van der Waals surface area contributed by atoms with Gasteiger partial charge in [0.15, 0.2) is 5.65 Å². The molecule has 2 aromatic heterocycles. The number of aromatic nitrogens is 3. The summed E-state index contributed by atoms with van der Waals surface area (Å²) in [5.41, 5.74) is 3.32. The summed E-state index contributed by atoms with van der Waals surface area (Å²) in [6.07, 6.45) is 7.54. The van der Waals surface area contributed by atoms with Gasteiger partial charge in [-0.25, -0.2) is 4.98 Å². The first-order valence-corrected chi connectivity index (χ1v) is 9.24. The van der Waals surface area contributed by atoms with Crippen LogP contribution in [0.2, 0.25) is 0 Å². The normalized spacial score (nSPS) is 21.3. The maximum atomic E-state index is 6.15. The largest absolute Gasteiger partial charge is 0.374 e. The molecular weight excluding hydrogens is 326 g/mol. The topological polar surface area (TPSA) is 54.7 Å². The Hall–Kier alpha value is -2.28. The maximum Gasteiger partial charge on any atom is 0.155 e. The molecule has 0 aliphatic carbocycles. The number of hydrogen-bond acceptors (Lipinski definition) is 5. The molecule has 6 nitrogen and oxygen atoms in total. The van der Waals surface area contributed by atoms with E-state index in [-0.39, 0.29) is 12.1 Å². The number of morpholine rings is 1. The van der Waals surface area contributed by atoms with Crippen molar-refractivity contribution in [2.75, 3.05) is 26.2 Å². The Balaban J connectivity index is 1.45. The minimum atomic E-state index is 0.131. The van der Waals surface area contributed by atoms with Crippen LogP contribution in [-0.2, 0) is 11.3 Å². The molecule has 136 valence electrons. The number of hydrogen-bond donors (Lipinski definition) is 1. The molecule has 3 aromatic rings. The average molecular weight is 351 g/mol. The molecule has 1 aromatic carbocycles. The molecule has 0 spiro atoms. The highest BCUT2D eigenvalue weighted by Crippen LogP contribution is 2.29. The lowest BCUT2D eigenvalue weighted by Gasteiger charge is -2.41. The third-order valence-electron chi connectivity index (χ3n) is 5.05. The van der Waals surface area contributed by atoms with E-state index < -0.39 is 0 Å². The Labute approximate surface area is 153 Å². The van der Waals surface area contributed by atoms with Crippen molar-refractivity contribution >= 4 is 5.65 Å². The van der Waals surface area contributed by atoms with E-state index in [1.807, 2.05) is 12.4 Å². The van der Waals surface area contributed by atoms with Crippen molar-refractivity contribution in [1.82, 2.24) is 24.6 Å². The molecule has 26 heavy (non-hydrogen) atoms. The predicted octanol–water partition coefficient (Wildman–Crippen LogP) is 2.28. The molecule has 0 unspecified atom stereocenters. The molecule has 0 radical (unpaired) electrons. The van der Waals surface area contributed by atoms with Crippen LogP contribution in [0, 0.1) is 0 Å². The smallest absolute Gasteiger partial charge is 0.155 e. The van der Waals surface area contributed by atoms with Crippen LogP contribution in [0.4, 0.5) is 0 Å². The van der Waals surface area contributed by atoms with Gasteiger partial charge in [0.1, 0.15) is 0 Å². The summed E-state index contributed by atoms with van der Waals surface area (Å²) in [6.45, 7) is 6.56.